The molecule has 3 aromatic carbocycles. The van der Waals surface area contributed by atoms with Gasteiger partial charge in [-0.1, -0.05) is 41.9 Å². The van der Waals surface area contributed by atoms with Crippen molar-refractivity contribution in [2.45, 2.75) is 32.9 Å². The average Bonchev–Trinajstić information content (AvgIpc) is 3.48. The number of pyridine rings is 1. The Labute approximate surface area is 267 Å². The number of halogens is 1. The zero-order valence-electron chi connectivity index (χ0n) is 24.6. The maximum absolute atomic E-state index is 12.6. The number of anilines is 2. The van der Waals surface area contributed by atoms with Gasteiger partial charge in [0, 0.05) is 45.2 Å². The molecule has 2 atom stereocenters. The smallest absolute Gasteiger partial charge is 0.262 e. The van der Waals surface area contributed by atoms with Gasteiger partial charge in [-0.05, 0) is 105 Å². The third-order valence-electron chi connectivity index (χ3n) is 8.01. The lowest BCUT2D eigenvalue weighted by Crippen LogP contribution is -2.30. The summed E-state index contributed by atoms with van der Waals surface area (Å²) in [5.41, 5.74) is 8.05. The van der Waals surface area contributed by atoms with Crippen molar-refractivity contribution in [3.63, 3.8) is 0 Å². The van der Waals surface area contributed by atoms with E-state index in [4.69, 9.17) is 33.5 Å². The van der Waals surface area contributed by atoms with Crippen LogP contribution in [0.5, 0.6) is 5.75 Å². The molecule has 1 amide bonds. The molecule has 0 radical (unpaired) electrons. The minimum atomic E-state index is -0.239. The lowest BCUT2D eigenvalue weighted by Gasteiger charge is -2.29. The predicted octanol–water partition coefficient (Wildman–Crippen LogP) is 7.65. The minimum Gasteiger partial charge on any atom is -0.484 e. The molecule has 0 aliphatic carbocycles. The minimum absolute atomic E-state index is 0.0821. The highest BCUT2D eigenvalue weighted by Gasteiger charge is 2.43. The first-order valence-corrected chi connectivity index (χ1v) is 15.1. The summed E-state index contributed by atoms with van der Waals surface area (Å²) in [7, 11) is 0. The van der Waals surface area contributed by atoms with Crippen molar-refractivity contribution in [1.82, 2.24) is 14.9 Å². The highest BCUT2D eigenvalue weighted by Crippen LogP contribution is 2.45. The molecular formula is C35H32ClN5O2S. The molecule has 3 heterocycles. The van der Waals surface area contributed by atoms with Gasteiger partial charge in [0.05, 0.1) is 17.8 Å². The van der Waals surface area contributed by atoms with E-state index in [-0.39, 0.29) is 24.6 Å². The summed E-state index contributed by atoms with van der Waals surface area (Å²) in [6.45, 7) is 6.35. The van der Waals surface area contributed by atoms with E-state index in [1.54, 1.807) is 6.20 Å². The van der Waals surface area contributed by atoms with E-state index in [0.717, 1.165) is 28.5 Å². The van der Waals surface area contributed by atoms with Crippen LogP contribution in [0.15, 0.2) is 103 Å². The Morgan fingerprint density at radius 2 is 1.68 bits per heavy atom. The van der Waals surface area contributed by atoms with Crippen LogP contribution in [-0.4, -0.2) is 27.2 Å². The average molecular weight is 622 g/mol. The first kappa shape index (κ1) is 29.4. The first-order chi connectivity index (χ1) is 21.3. The van der Waals surface area contributed by atoms with Crippen LogP contribution in [0.2, 0.25) is 5.02 Å². The number of ether oxygens (including phenoxy) is 1. The topological polar surface area (TPSA) is 71.4 Å². The van der Waals surface area contributed by atoms with Crippen molar-refractivity contribution in [1.29, 1.82) is 0 Å². The Morgan fingerprint density at radius 3 is 2.39 bits per heavy atom. The van der Waals surface area contributed by atoms with Gasteiger partial charge >= 0.3 is 0 Å². The van der Waals surface area contributed by atoms with Gasteiger partial charge in [0.15, 0.2) is 11.7 Å². The number of benzene rings is 3. The van der Waals surface area contributed by atoms with Crippen molar-refractivity contribution >= 4 is 46.2 Å². The van der Waals surface area contributed by atoms with Crippen molar-refractivity contribution in [3.8, 4) is 11.4 Å². The van der Waals surface area contributed by atoms with Crippen molar-refractivity contribution in [3.05, 3.63) is 136 Å². The highest BCUT2D eigenvalue weighted by atomic mass is 35.5. The second-order valence-corrected chi connectivity index (χ2v) is 11.5. The second kappa shape index (κ2) is 12.5. The molecular weight excluding hydrogens is 590 g/mol. The summed E-state index contributed by atoms with van der Waals surface area (Å²) >= 11 is 12.4. The van der Waals surface area contributed by atoms with Gasteiger partial charge in [-0.15, -0.1) is 0 Å². The summed E-state index contributed by atoms with van der Waals surface area (Å²) in [6, 6.07) is 30.4. The number of amides is 1. The third-order valence-corrected chi connectivity index (χ3v) is 8.56. The van der Waals surface area contributed by atoms with Crippen LogP contribution in [0.25, 0.3) is 5.69 Å². The van der Waals surface area contributed by atoms with Gasteiger partial charge in [0.1, 0.15) is 5.75 Å². The van der Waals surface area contributed by atoms with Gasteiger partial charge in [0.2, 0.25) is 0 Å². The highest BCUT2D eigenvalue weighted by molar-refractivity contribution is 7.80. The van der Waals surface area contributed by atoms with Gasteiger partial charge < -0.3 is 24.8 Å². The number of carbonyl (C=O) groups excluding carboxylic acids is 1. The van der Waals surface area contributed by atoms with Gasteiger partial charge in [0.25, 0.3) is 5.91 Å². The van der Waals surface area contributed by atoms with Crippen molar-refractivity contribution in [2.75, 3.05) is 16.8 Å². The first-order valence-electron chi connectivity index (χ1n) is 14.3. The molecule has 9 heteroatoms. The van der Waals surface area contributed by atoms with Crippen LogP contribution in [0, 0.1) is 20.8 Å². The molecule has 1 saturated heterocycles. The largest absolute Gasteiger partial charge is 0.484 e. The molecule has 6 rings (SSSR count). The van der Waals surface area contributed by atoms with Crippen LogP contribution in [0.3, 0.4) is 0 Å². The number of nitrogens with one attached hydrogen (secondary N) is 2. The zero-order valence-corrected chi connectivity index (χ0v) is 26.2. The summed E-state index contributed by atoms with van der Waals surface area (Å²) in [5, 5.41) is 7.76. The molecule has 1 fully saturated rings. The number of nitrogens with zero attached hydrogens (tertiary/aromatic N) is 3. The number of hydrogen-bond acceptors (Lipinski definition) is 4. The monoisotopic (exact) mass is 621 g/mol. The van der Waals surface area contributed by atoms with E-state index in [1.165, 1.54) is 11.1 Å². The van der Waals surface area contributed by atoms with E-state index in [0.29, 0.717) is 21.6 Å². The van der Waals surface area contributed by atoms with Crippen LogP contribution in [-0.2, 0) is 4.79 Å². The molecule has 0 bridgehead atoms. The molecule has 1 aliphatic rings. The Balaban J connectivity index is 1.34. The molecule has 0 spiro atoms. The Bertz CT molecular complexity index is 1810. The SMILES string of the molecule is Cc1c(C2C(c3ccccn3)NC(=S)N2c2ccc(NC(=O)COc3ccccc3)cc2)c(C)n(-c2cccc(Cl)c2)c1C. The quantitative estimate of drug-likeness (QED) is 0.174. The Hall–Kier alpha value is -4.66. The normalized spacial score (nSPS) is 16.1. The number of rotatable bonds is 8. The zero-order chi connectivity index (χ0) is 30.8. The summed E-state index contributed by atoms with van der Waals surface area (Å²) < 4.78 is 7.84. The Morgan fingerprint density at radius 1 is 0.932 bits per heavy atom. The molecule has 7 nitrogen and oxygen atoms in total. The fraction of sp³-hybridized carbons (Fsp3) is 0.171. The van der Waals surface area contributed by atoms with Gasteiger partial charge in [-0.3, -0.25) is 9.78 Å². The van der Waals surface area contributed by atoms with Crippen molar-refractivity contribution < 1.29 is 9.53 Å². The Kier molecular flexibility index (Phi) is 8.37. The van der Waals surface area contributed by atoms with Crippen LogP contribution >= 0.6 is 23.8 Å². The van der Waals surface area contributed by atoms with E-state index >= 15 is 0 Å². The van der Waals surface area contributed by atoms with E-state index in [9.17, 15) is 4.79 Å². The van der Waals surface area contributed by atoms with E-state index in [2.05, 4.69) is 46.9 Å². The van der Waals surface area contributed by atoms with E-state index < -0.39 is 0 Å². The number of aromatic nitrogens is 2. The van der Waals surface area contributed by atoms with Crippen LogP contribution in [0.4, 0.5) is 11.4 Å². The molecule has 2 aromatic heterocycles. The predicted molar refractivity (Wildman–Crippen MR) is 180 cm³/mol. The molecule has 5 aromatic rings. The third kappa shape index (κ3) is 5.78. The number of thiocarbonyl (C=S) groups is 1. The summed E-state index contributed by atoms with van der Waals surface area (Å²) in [6.07, 6.45) is 1.81. The van der Waals surface area contributed by atoms with Gasteiger partial charge in [-0.25, -0.2) is 0 Å². The summed E-state index contributed by atoms with van der Waals surface area (Å²) in [5.74, 6) is 0.406. The lowest BCUT2D eigenvalue weighted by atomic mass is 9.93. The molecule has 2 N–H and O–H groups in total. The number of carbonyl (C=O) groups is 1. The molecule has 0 saturated carbocycles. The maximum atomic E-state index is 12.6. The lowest BCUT2D eigenvalue weighted by molar-refractivity contribution is -0.118. The van der Waals surface area contributed by atoms with Crippen LogP contribution < -0.4 is 20.3 Å². The number of hydrogen-bond donors (Lipinski definition) is 2. The van der Waals surface area contributed by atoms with Gasteiger partial charge in [-0.2, -0.15) is 0 Å². The standard InChI is InChI=1S/C35H32ClN5O2S/c1-22-23(2)40(28-11-9-10-25(36)20-28)24(3)32(22)34-33(30-14-7-8-19-37-30)39-35(44)41(34)27-17-15-26(16-18-27)38-31(42)21-43-29-12-5-4-6-13-29/h4-20,33-34H,21H2,1-3H3,(H,38,42)(H,39,44). The van der Waals surface area contributed by atoms with E-state index in [1.807, 2.05) is 91.0 Å². The fourth-order valence-corrected chi connectivity index (χ4v) is 6.47. The molecule has 2 unspecified atom stereocenters. The van der Waals surface area contributed by atoms with Crippen LogP contribution in [0.1, 0.15) is 40.3 Å². The molecule has 44 heavy (non-hydrogen) atoms. The summed E-state index contributed by atoms with van der Waals surface area (Å²) in [4.78, 5) is 19.4. The molecule has 222 valence electrons. The number of para-hydroxylation sites is 1. The molecule has 1 aliphatic heterocycles. The van der Waals surface area contributed by atoms with Crippen molar-refractivity contribution in [2.24, 2.45) is 0 Å². The fourth-order valence-electron chi connectivity index (χ4n) is 5.94. The maximum Gasteiger partial charge on any atom is 0.262 e. The second-order valence-electron chi connectivity index (χ2n) is 10.7.